The molecule has 0 amide bonds. The molecule has 0 heterocycles. The first-order chi connectivity index (χ1) is 8.12. The predicted molar refractivity (Wildman–Crippen MR) is 74.5 cm³/mol. The molecule has 0 unspecified atom stereocenters. The van der Waals surface area contributed by atoms with Crippen LogP contribution in [0.5, 0.6) is 11.5 Å². The van der Waals surface area contributed by atoms with Gasteiger partial charge in [0.15, 0.2) is 5.11 Å². The maximum atomic E-state index is 6.00. The largest absolute Gasteiger partial charge is 0.495 e. The molecule has 17 heavy (non-hydrogen) atoms. The van der Waals surface area contributed by atoms with Crippen molar-refractivity contribution in [3.63, 3.8) is 0 Å². The van der Waals surface area contributed by atoms with E-state index in [1.165, 1.54) is 0 Å². The number of rotatable bonds is 4. The zero-order chi connectivity index (χ0) is 12.8. The van der Waals surface area contributed by atoms with Gasteiger partial charge in [0.25, 0.3) is 0 Å². The van der Waals surface area contributed by atoms with E-state index < -0.39 is 0 Å². The van der Waals surface area contributed by atoms with Gasteiger partial charge >= 0.3 is 0 Å². The van der Waals surface area contributed by atoms with E-state index in [2.05, 4.69) is 10.6 Å². The second kappa shape index (κ2) is 6.51. The van der Waals surface area contributed by atoms with Gasteiger partial charge in [0.1, 0.15) is 11.5 Å². The molecule has 4 nitrogen and oxygen atoms in total. The second-order valence-electron chi connectivity index (χ2n) is 3.17. The van der Waals surface area contributed by atoms with E-state index >= 15 is 0 Å². The van der Waals surface area contributed by atoms with Crippen LogP contribution in [0.3, 0.4) is 0 Å². The molecule has 1 aromatic rings. The van der Waals surface area contributed by atoms with E-state index in [1.54, 1.807) is 26.4 Å². The number of halogens is 1. The molecule has 6 heteroatoms. The average molecular weight is 275 g/mol. The number of thiocarbonyl (C=S) groups is 1. The number of ether oxygens (including phenoxy) is 2. The molecule has 0 aromatic heterocycles. The number of benzene rings is 1. The maximum Gasteiger partial charge on any atom is 0.170 e. The van der Waals surface area contributed by atoms with Crippen LogP contribution in [-0.4, -0.2) is 25.9 Å². The third-order valence-electron chi connectivity index (χ3n) is 2.06. The number of anilines is 1. The molecule has 0 aliphatic carbocycles. The smallest absolute Gasteiger partial charge is 0.170 e. The minimum absolute atomic E-state index is 0.490. The molecule has 94 valence electrons. The summed E-state index contributed by atoms with van der Waals surface area (Å²) < 4.78 is 10.4. The summed E-state index contributed by atoms with van der Waals surface area (Å²) in [6, 6.07) is 3.42. The molecule has 0 spiro atoms. The second-order valence-corrected chi connectivity index (χ2v) is 3.99. The Bertz CT molecular complexity index is 413. The molecule has 0 saturated heterocycles. The van der Waals surface area contributed by atoms with E-state index in [0.29, 0.717) is 27.3 Å². The fourth-order valence-electron chi connectivity index (χ4n) is 1.29. The van der Waals surface area contributed by atoms with Crippen molar-refractivity contribution in [1.29, 1.82) is 0 Å². The summed E-state index contributed by atoms with van der Waals surface area (Å²) >= 11 is 11.1. The van der Waals surface area contributed by atoms with Crippen LogP contribution in [0.1, 0.15) is 6.92 Å². The highest BCUT2D eigenvalue weighted by molar-refractivity contribution is 7.80. The fraction of sp³-hybridized carbons (Fsp3) is 0.364. The zero-order valence-electron chi connectivity index (χ0n) is 9.96. The number of methoxy groups -OCH3 is 2. The molecule has 0 aliphatic rings. The van der Waals surface area contributed by atoms with Crippen LogP contribution in [0.2, 0.25) is 5.02 Å². The molecule has 0 radical (unpaired) electrons. The lowest BCUT2D eigenvalue weighted by molar-refractivity contribution is 0.405. The average Bonchev–Trinajstić information content (AvgIpc) is 2.31. The van der Waals surface area contributed by atoms with E-state index in [1.807, 2.05) is 6.92 Å². The van der Waals surface area contributed by atoms with Crippen LogP contribution < -0.4 is 20.1 Å². The Morgan fingerprint density at radius 3 is 2.47 bits per heavy atom. The van der Waals surface area contributed by atoms with Crippen molar-refractivity contribution in [2.24, 2.45) is 0 Å². The minimum atomic E-state index is 0.490. The third kappa shape index (κ3) is 3.64. The molecule has 1 rings (SSSR count). The molecule has 0 atom stereocenters. The Balaban J connectivity index is 2.99. The lowest BCUT2D eigenvalue weighted by atomic mass is 10.2. The lowest BCUT2D eigenvalue weighted by Gasteiger charge is -2.14. The molecule has 0 fully saturated rings. The van der Waals surface area contributed by atoms with Gasteiger partial charge in [-0.1, -0.05) is 11.6 Å². The zero-order valence-corrected chi connectivity index (χ0v) is 11.5. The van der Waals surface area contributed by atoms with Crippen LogP contribution in [0.25, 0.3) is 0 Å². The van der Waals surface area contributed by atoms with E-state index in [4.69, 9.17) is 33.3 Å². The van der Waals surface area contributed by atoms with Gasteiger partial charge in [0.05, 0.1) is 24.9 Å². The summed E-state index contributed by atoms with van der Waals surface area (Å²) in [4.78, 5) is 0. The Labute approximate surface area is 111 Å². The van der Waals surface area contributed by atoms with Gasteiger partial charge in [-0.15, -0.1) is 0 Å². The SMILES string of the molecule is CCNC(=S)Nc1cc(OC)c(Cl)cc1OC. The number of hydrogen-bond donors (Lipinski definition) is 2. The van der Waals surface area contributed by atoms with E-state index in [-0.39, 0.29) is 0 Å². The van der Waals surface area contributed by atoms with Crippen LogP contribution in [0, 0.1) is 0 Å². The highest BCUT2D eigenvalue weighted by atomic mass is 35.5. The van der Waals surface area contributed by atoms with Gasteiger partial charge in [0, 0.05) is 18.7 Å². The van der Waals surface area contributed by atoms with Gasteiger partial charge in [0.2, 0.25) is 0 Å². The molecule has 2 N–H and O–H groups in total. The first kappa shape index (κ1) is 13.9. The maximum absolute atomic E-state index is 6.00. The lowest BCUT2D eigenvalue weighted by Crippen LogP contribution is -2.28. The predicted octanol–water partition coefficient (Wildman–Crippen LogP) is 2.66. The van der Waals surface area contributed by atoms with Crippen molar-refractivity contribution in [2.45, 2.75) is 6.92 Å². The van der Waals surface area contributed by atoms with Crippen molar-refractivity contribution >= 4 is 34.6 Å². The first-order valence-corrected chi connectivity index (χ1v) is 5.87. The van der Waals surface area contributed by atoms with Gasteiger partial charge in [-0.05, 0) is 19.1 Å². The normalized spacial score (nSPS) is 9.65. The Kier molecular flexibility index (Phi) is 5.31. The Morgan fingerprint density at radius 2 is 1.94 bits per heavy atom. The Morgan fingerprint density at radius 1 is 1.29 bits per heavy atom. The van der Waals surface area contributed by atoms with Crippen LogP contribution in [0.15, 0.2) is 12.1 Å². The standard InChI is InChI=1S/C11H15ClN2O2S/c1-4-13-11(17)14-8-6-9(15-2)7(12)5-10(8)16-3/h5-6H,4H2,1-3H3,(H2,13,14,17). The summed E-state index contributed by atoms with van der Waals surface area (Å²) in [5.74, 6) is 1.17. The number of nitrogens with one attached hydrogen (secondary N) is 2. The summed E-state index contributed by atoms with van der Waals surface area (Å²) in [5.41, 5.74) is 0.708. The van der Waals surface area contributed by atoms with Gasteiger partial charge < -0.3 is 20.1 Å². The van der Waals surface area contributed by atoms with Crippen LogP contribution >= 0.6 is 23.8 Å². The summed E-state index contributed by atoms with van der Waals surface area (Å²) in [6.07, 6.45) is 0. The quantitative estimate of drug-likeness (QED) is 0.827. The van der Waals surface area contributed by atoms with Gasteiger partial charge in [-0.2, -0.15) is 0 Å². The van der Waals surface area contributed by atoms with Crippen molar-refractivity contribution < 1.29 is 9.47 Å². The topological polar surface area (TPSA) is 42.5 Å². The summed E-state index contributed by atoms with van der Waals surface area (Å²) in [6.45, 7) is 2.71. The highest BCUT2D eigenvalue weighted by Gasteiger charge is 2.10. The summed E-state index contributed by atoms with van der Waals surface area (Å²) in [5, 5.41) is 7.02. The number of hydrogen-bond acceptors (Lipinski definition) is 3. The molecule has 0 saturated carbocycles. The molecular formula is C11H15ClN2O2S. The monoisotopic (exact) mass is 274 g/mol. The van der Waals surface area contributed by atoms with Crippen molar-refractivity contribution in [3.05, 3.63) is 17.2 Å². The Hall–Kier alpha value is -1.20. The fourth-order valence-corrected chi connectivity index (χ4v) is 1.77. The van der Waals surface area contributed by atoms with Crippen molar-refractivity contribution in [1.82, 2.24) is 5.32 Å². The van der Waals surface area contributed by atoms with Crippen LogP contribution in [0.4, 0.5) is 5.69 Å². The molecular weight excluding hydrogens is 260 g/mol. The molecule has 1 aromatic carbocycles. The van der Waals surface area contributed by atoms with Crippen LogP contribution in [-0.2, 0) is 0 Å². The van der Waals surface area contributed by atoms with Crippen molar-refractivity contribution in [3.8, 4) is 11.5 Å². The van der Waals surface area contributed by atoms with Crippen molar-refractivity contribution in [2.75, 3.05) is 26.1 Å². The van der Waals surface area contributed by atoms with Gasteiger partial charge in [-0.25, -0.2) is 0 Å². The first-order valence-electron chi connectivity index (χ1n) is 5.08. The molecule has 0 aliphatic heterocycles. The van der Waals surface area contributed by atoms with Gasteiger partial charge in [-0.3, -0.25) is 0 Å². The molecule has 0 bridgehead atoms. The minimum Gasteiger partial charge on any atom is -0.495 e. The summed E-state index contributed by atoms with van der Waals surface area (Å²) in [7, 11) is 3.12. The highest BCUT2D eigenvalue weighted by Crippen LogP contribution is 2.35. The van der Waals surface area contributed by atoms with E-state index in [9.17, 15) is 0 Å². The van der Waals surface area contributed by atoms with E-state index in [0.717, 1.165) is 6.54 Å². The third-order valence-corrected chi connectivity index (χ3v) is 2.60.